The Labute approximate surface area is 183 Å². The second kappa shape index (κ2) is 10.7. The van der Waals surface area contributed by atoms with E-state index in [0.29, 0.717) is 28.7 Å². The Hall–Kier alpha value is -1.98. The summed E-state index contributed by atoms with van der Waals surface area (Å²) in [5.41, 5.74) is 1.44. The quantitative estimate of drug-likeness (QED) is 0.553. The monoisotopic (exact) mass is 437 g/mol. The molecular weight excluding hydrogens is 409 g/mol. The number of aromatic nitrogens is 1. The van der Waals surface area contributed by atoms with Gasteiger partial charge in [0, 0.05) is 47.1 Å². The lowest BCUT2D eigenvalue weighted by Crippen LogP contribution is -2.46. The molecule has 0 unspecified atom stereocenters. The van der Waals surface area contributed by atoms with E-state index in [2.05, 4.69) is 6.92 Å². The van der Waals surface area contributed by atoms with Crippen LogP contribution in [0.4, 0.5) is 0 Å². The number of rotatable bonds is 9. The molecule has 5 nitrogen and oxygen atoms in total. The van der Waals surface area contributed by atoms with Gasteiger partial charge in [-0.25, -0.2) is 0 Å². The highest BCUT2D eigenvalue weighted by Crippen LogP contribution is 2.21. The highest BCUT2D eigenvalue weighted by atomic mass is 35.5. The van der Waals surface area contributed by atoms with Crippen LogP contribution in [0.25, 0.3) is 0 Å². The third-order valence-corrected chi connectivity index (χ3v) is 5.27. The molecule has 1 heterocycles. The fourth-order valence-electron chi connectivity index (χ4n) is 3.07. The fraction of sp³-hybridized carbons (Fsp3) is 0.455. The topological polar surface area (TPSA) is 45.6 Å². The molecule has 0 N–H and O–H groups in total. The highest BCUT2D eigenvalue weighted by Gasteiger charge is 2.25. The maximum Gasteiger partial charge on any atom is 0.254 e. The minimum absolute atomic E-state index is 0.00870. The van der Waals surface area contributed by atoms with Crippen molar-refractivity contribution >= 4 is 35.0 Å². The van der Waals surface area contributed by atoms with Crippen molar-refractivity contribution in [2.75, 3.05) is 13.1 Å². The summed E-state index contributed by atoms with van der Waals surface area (Å²) in [6, 6.07) is 8.56. The predicted octanol–water partition coefficient (Wildman–Crippen LogP) is 5.01. The van der Waals surface area contributed by atoms with Crippen LogP contribution in [-0.4, -0.2) is 45.3 Å². The van der Waals surface area contributed by atoms with Crippen LogP contribution in [0.3, 0.4) is 0 Å². The Balaban J connectivity index is 2.20. The predicted molar refractivity (Wildman–Crippen MR) is 118 cm³/mol. The van der Waals surface area contributed by atoms with E-state index >= 15 is 0 Å². The first-order valence-corrected chi connectivity index (χ1v) is 10.6. The van der Waals surface area contributed by atoms with Crippen molar-refractivity contribution in [3.05, 3.63) is 57.8 Å². The number of unbranched alkanes of at least 4 members (excludes halogenated alkanes) is 1. The summed E-state index contributed by atoms with van der Waals surface area (Å²) >= 11 is 12.1. The molecule has 7 heteroatoms. The molecular formula is C22H29Cl2N3O2. The highest BCUT2D eigenvalue weighted by molar-refractivity contribution is 6.35. The van der Waals surface area contributed by atoms with Gasteiger partial charge in [-0.2, -0.15) is 0 Å². The molecule has 158 valence electrons. The Morgan fingerprint density at radius 3 is 2.31 bits per heavy atom. The van der Waals surface area contributed by atoms with Gasteiger partial charge in [0.15, 0.2) is 0 Å². The van der Waals surface area contributed by atoms with Gasteiger partial charge in [-0.1, -0.05) is 36.5 Å². The van der Waals surface area contributed by atoms with Gasteiger partial charge in [0.25, 0.3) is 5.91 Å². The molecule has 2 aromatic rings. The molecule has 1 aromatic heterocycles. The van der Waals surface area contributed by atoms with Gasteiger partial charge in [-0.3, -0.25) is 9.59 Å². The van der Waals surface area contributed by atoms with Crippen molar-refractivity contribution in [3.8, 4) is 0 Å². The molecule has 0 aliphatic carbocycles. The van der Waals surface area contributed by atoms with Crippen molar-refractivity contribution in [3.63, 3.8) is 0 Å². The number of nitrogens with zero attached hydrogens (tertiary/aromatic N) is 3. The number of halogens is 2. The number of carbonyl (C=O) groups is 2. The summed E-state index contributed by atoms with van der Waals surface area (Å²) in [5, 5.41) is 0.785. The molecule has 0 aliphatic rings. The van der Waals surface area contributed by atoms with Crippen LogP contribution >= 0.6 is 23.2 Å². The molecule has 0 saturated heterocycles. The lowest BCUT2D eigenvalue weighted by Gasteiger charge is -2.30. The maximum atomic E-state index is 13.1. The average molecular weight is 438 g/mol. The van der Waals surface area contributed by atoms with Gasteiger partial charge < -0.3 is 14.4 Å². The zero-order chi connectivity index (χ0) is 21.6. The molecule has 0 radical (unpaired) electrons. The van der Waals surface area contributed by atoms with Crippen LogP contribution in [0.15, 0.2) is 36.5 Å². The van der Waals surface area contributed by atoms with E-state index in [9.17, 15) is 9.59 Å². The number of hydrogen-bond donors (Lipinski definition) is 0. The van der Waals surface area contributed by atoms with Gasteiger partial charge in [-0.05, 0) is 50.6 Å². The number of carbonyl (C=O) groups excluding carboxylic acids is 2. The van der Waals surface area contributed by atoms with E-state index in [0.717, 1.165) is 18.5 Å². The second-order valence-corrected chi connectivity index (χ2v) is 8.34. The fourth-order valence-corrected chi connectivity index (χ4v) is 3.60. The molecule has 0 atom stereocenters. The lowest BCUT2D eigenvalue weighted by atomic mass is 10.1. The minimum atomic E-state index is -0.257. The zero-order valence-electron chi connectivity index (χ0n) is 17.5. The third-order valence-electron chi connectivity index (χ3n) is 4.84. The summed E-state index contributed by atoms with van der Waals surface area (Å²) in [6.45, 7) is 7.07. The van der Waals surface area contributed by atoms with E-state index in [1.165, 1.54) is 0 Å². The smallest absolute Gasteiger partial charge is 0.254 e. The van der Waals surface area contributed by atoms with Crippen LogP contribution in [0.5, 0.6) is 0 Å². The molecule has 0 fully saturated rings. The Morgan fingerprint density at radius 2 is 1.79 bits per heavy atom. The molecule has 2 rings (SSSR count). The van der Waals surface area contributed by atoms with Crippen LogP contribution in [0.1, 0.15) is 49.7 Å². The number of aryl methyl sites for hydroxylation is 1. The van der Waals surface area contributed by atoms with Crippen molar-refractivity contribution in [1.29, 1.82) is 0 Å². The zero-order valence-corrected chi connectivity index (χ0v) is 19.0. The molecule has 29 heavy (non-hydrogen) atoms. The Morgan fingerprint density at radius 1 is 1.14 bits per heavy atom. The normalized spacial score (nSPS) is 11.0. The first-order chi connectivity index (χ1) is 13.7. The van der Waals surface area contributed by atoms with Crippen LogP contribution < -0.4 is 0 Å². The van der Waals surface area contributed by atoms with Gasteiger partial charge in [0.2, 0.25) is 5.91 Å². The van der Waals surface area contributed by atoms with Gasteiger partial charge in [0.05, 0.1) is 6.54 Å². The maximum absolute atomic E-state index is 13.1. The summed E-state index contributed by atoms with van der Waals surface area (Å²) in [4.78, 5) is 29.6. The van der Waals surface area contributed by atoms with Crippen LogP contribution in [0, 0.1) is 0 Å². The Kier molecular flexibility index (Phi) is 8.60. The first-order valence-electron chi connectivity index (χ1n) is 9.88. The largest absolute Gasteiger partial charge is 0.353 e. The summed E-state index contributed by atoms with van der Waals surface area (Å²) < 4.78 is 2.01. The number of hydrogen-bond acceptors (Lipinski definition) is 2. The van der Waals surface area contributed by atoms with Gasteiger partial charge >= 0.3 is 0 Å². The van der Waals surface area contributed by atoms with E-state index in [1.807, 2.05) is 48.7 Å². The molecule has 0 saturated carbocycles. The second-order valence-electron chi connectivity index (χ2n) is 7.46. The number of amides is 2. The molecule has 2 amide bonds. The van der Waals surface area contributed by atoms with E-state index < -0.39 is 0 Å². The SMILES string of the molecule is CCCCN(Cc1cccn1C)C(=O)CN(C(=O)c1cc(Cl)cc(Cl)c1)C(C)C. The van der Waals surface area contributed by atoms with Crippen molar-refractivity contribution in [2.24, 2.45) is 7.05 Å². The van der Waals surface area contributed by atoms with Crippen LogP contribution in [-0.2, 0) is 18.4 Å². The summed E-state index contributed by atoms with van der Waals surface area (Å²) in [6.07, 6.45) is 3.87. The van der Waals surface area contributed by atoms with E-state index in [4.69, 9.17) is 23.2 Å². The van der Waals surface area contributed by atoms with Gasteiger partial charge in [0.1, 0.15) is 6.54 Å². The molecule has 0 spiro atoms. The molecule has 0 aliphatic heterocycles. The average Bonchev–Trinajstić information content (AvgIpc) is 3.05. The van der Waals surface area contributed by atoms with Gasteiger partial charge in [-0.15, -0.1) is 0 Å². The molecule has 0 bridgehead atoms. The van der Waals surface area contributed by atoms with Crippen molar-refractivity contribution in [2.45, 2.75) is 46.2 Å². The van der Waals surface area contributed by atoms with Crippen molar-refractivity contribution in [1.82, 2.24) is 14.4 Å². The van der Waals surface area contributed by atoms with Crippen molar-refractivity contribution < 1.29 is 9.59 Å². The van der Waals surface area contributed by atoms with E-state index in [-0.39, 0.29) is 24.4 Å². The first kappa shape index (κ1) is 23.3. The molecule has 1 aromatic carbocycles. The lowest BCUT2D eigenvalue weighted by molar-refractivity contribution is -0.133. The Bertz CT molecular complexity index is 828. The standard InChI is InChI=1S/C22H29Cl2N3O2/c1-5-6-10-26(14-20-8-7-9-25(20)4)21(28)15-27(16(2)3)22(29)17-11-18(23)13-19(24)12-17/h7-9,11-13,16H,5-6,10,14-15H2,1-4H3. The summed E-state index contributed by atoms with van der Waals surface area (Å²) in [7, 11) is 1.96. The van der Waals surface area contributed by atoms with E-state index in [1.54, 1.807) is 23.1 Å². The minimum Gasteiger partial charge on any atom is -0.353 e. The summed E-state index contributed by atoms with van der Waals surface area (Å²) in [5.74, 6) is -0.332. The number of benzene rings is 1. The van der Waals surface area contributed by atoms with Crippen LogP contribution in [0.2, 0.25) is 10.0 Å². The third kappa shape index (κ3) is 6.51.